The molecule has 0 spiro atoms. The molecule has 0 saturated heterocycles. The summed E-state index contributed by atoms with van der Waals surface area (Å²) in [5.41, 5.74) is 7.28. The molecule has 2 N–H and O–H groups in total. The molecule has 0 saturated carbocycles. The van der Waals surface area contributed by atoms with Gasteiger partial charge in [-0.1, -0.05) is 36.4 Å². The van der Waals surface area contributed by atoms with Gasteiger partial charge in [0.2, 0.25) is 0 Å². The Labute approximate surface area is 115 Å². The van der Waals surface area contributed by atoms with Gasteiger partial charge in [0.25, 0.3) is 5.91 Å². The van der Waals surface area contributed by atoms with Gasteiger partial charge in [0.1, 0.15) is 5.82 Å². The Bertz CT molecular complexity index is 792. The van der Waals surface area contributed by atoms with Gasteiger partial charge >= 0.3 is 0 Å². The minimum atomic E-state index is -0.478. The summed E-state index contributed by atoms with van der Waals surface area (Å²) in [5, 5.41) is 0.788. The Hall–Kier alpha value is -2.62. The number of para-hydroxylation sites is 1. The monoisotopic (exact) mass is 268 g/mol. The van der Waals surface area contributed by atoms with Crippen molar-refractivity contribution < 1.29 is 9.18 Å². The van der Waals surface area contributed by atoms with Gasteiger partial charge < -0.3 is 10.3 Å². The molecule has 0 aliphatic rings. The molecule has 0 bridgehead atoms. The van der Waals surface area contributed by atoms with Crippen LogP contribution in [0.25, 0.3) is 10.9 Å². The van der Waals surface area contributed by atoms with Crippen molar-refractivity contribution in [3.05, 3.63) is 71.7 Å². The maximum atomic E-state index is 13.7. The lowest BCUT2D eigenvalue weighted by Crippen LogP contribution is -2.10. The summed E-state index contributed by atoms with van der Waals surface area (Å²) in [5.74, 6) is -0.737. The molecule has 2 aromatic carbocycles. The normalized spacial score (nSPS) is 10.8. The third-order valence-electron chi connectivity index (χ3n) is 3.35. The van der Waals surface area contributed by atoms with Crippen LogP contribution in [0.4, 0.5) is 4.39 Å². The van der Waals surface area contributed by atoms with Crippen LogP contribution in [0.1, 0.15) is 15.9 Å². The molecule has 0 atom stereocenters. The number of nitrogens with zero attached hydrogens (tertiary/aromatic N) is 1. The predicted octanol–water partition coefficient (Wildman–Crippen LogP) is 2.93. The van der Waals surface area contributed by atoms with Crippen LogP contribution in [0.2, 0.25) is 0 Å². The maximum absolute atomic E-state index is 13.7. The number of amides is 1. The molecule has 1 heterocycles. The number of carbonyl (C=O) groups is 1. The van der Waals surface area contributed by atoms with Gasteiger partial charge in [-0.2, -0.15) is 0 Å². The number of primary amides is 1. The molecule has 4 heteroatoms. The van der Waals surface area contributed by atoms with Crippen molar-refractivity contribution in [2.45, 2.75) is 6.54 Å². The fraction of sp³-hybridized carbons (Fsp3) is 0.0625. The Balaban J connectivity index is 2.13. The van der Waals surface area contributed by atoms with Gasteiger partial charge in [0.15, 0.2) is 0 Å². The first-order valence-corrected chi connectivity index (χ1v) is 6.28. The number of carbonyl (C=O) groups excluding carboxylic acids is 1. The smallest absolute Gasteiger partial charge is 0.250 e. The summed E-state index contributed by atoms with van der Waals surface area (Å²) < 4.78 is 15.6. The first-order chi connectivity index (χ1) is 9.66. The number of hydrogen-bond acceptors (Lipinski definition) is 1. The van der Waals surface area contributed by atoms with Crippen LogP contribution in [0, 0.1) is 5.82 Å². The fourth-order valence-corrected chi connectivity index (χ4v) is 2.38. The van der Waals surface area contributed by atoms with Gasteiger partial charge in [0, 0.05) is 22.7 Å². The van der Waals surface area contributed by atoms with Crippen LogP contribution in [-0.2, 0) is 6.54 Å². The second-order valence-corrected chi connectivity index (χ2v) is 4.64. The van der Waals surface area contributed by atoms with Crippen molar-refractivity contribution in [3.8, 4) is 0 Å². The molecule has 100 valence electrons. The van der Waals surface area contributed by atoms with E-state index in [9.17, 15) is 9.18 Å². The Morgan fingerprint density at radius 1 is 1.10 bits per heavy atom. The molecular formula is C16H13FN2O. The third kappa shape index (κ3) is 2.05. The minimum absolute atomic E-state index is 0.258. The van der Waals surface area contributed by atoms with E-state index in [2.05, 4.69) is 0 Å². The van der Waals surface area contributed by atoms with Gasteiger partial charge in [-0.3, -0.25) is 4.79 Å². The molecule has 1 aromatic heterocycles. The molecule has 0 aliphatic heterocycles. The van der Waals surface area contributed by atoms with Crippen LogP contribution in [0.3, 0.4) is 0 Å². The lowest BCUT2D eigenvalue weighted by molar-refractivity contribution is 0.100. The van der Waals surface area contributed by atoms with E-state index in [-0.39, 0.29) is 5.82 Å². The summed E-state index contributed by atoms with van der Waals surface area (Å²) in [6.45, 7) is 0.362. The summed E-state index contributed by atoms with van der Waals surface area (Å²) in [7, 11) is 0. The second-order valence-electron chi connectivity index (χ2n) is 4.64. The van der Waals surface area contributed by atoms with Crippen LogP contribution in [-0.4, -0.2) is 10.5 Å². The fourth-order valence-electron chi connectivity index (χ4n) is 2.38. The summed E-state index contributed by atoms with van der Waals surface area (Å²) in [6.07, 6.45) is 1.68. The van der Waals surface area contributed by atoms with Crippen molar-refractivity contribution >= 4 is 16.8 Å². The van der Waals surface area contributed by atoms with Crippen molar-refractivity contribution in [2.75, 3.05) is 0 Å². The van der Waals surface area contributed by atoms with Gasteiger partial charge in [0.05, 0.1) is 12.1 Å². The van der Waals surface area contributed by atoms with E-state index in [0.29, 0.717) is 17.7 Å². The van der Waals surface area contributed by atoms with E-state index in [1.807, 2.05) is 28.8 Å². The summed E-state index contributed by atoms with van der Waals surface area (Å²) in [6, 6.07) is 14.1. The number of nitrogens with two attached hydrogens (primary N) is 1. The first-order valence-electron chi connectivity index (χ1n) is 6.28. The van der Waals surface area contributed by atoms with Crippen LogP contribution in [0.15, 0.2) is 54.7 Å². The topological polar surface area (TPSA) is 48.0 Å². The van der Waals surface area contributed by atoms with E-state index in [0.717, 1.165) is 10.9 Å². The average Bonchev–Trinajstić information content (AvgIpc) is 2.81. The number of fused-ring (bicyclic) bond motifs is 1. The quantitative estimate of drug-likeness (QED) is 0.780. The van der Waals surface area contributed by atoms with Gasteiger partial charge in [-0.15, -0.1) is 0 Å². The molecule has 0 fully saturated rings. The highest BCUT2D eigenvalue weighted by Crippen LogP contribution is 2.22. The number of hydrogen-bond donors (Lipinski definition) is 1. The molecule has 3 rings (SSSR count). The van der Waals surface area contributed by atoms with Crippen LogP contribution in [0.5, 0.6) is 0 Å². The van der Waals surface area contributed by atoms with E-state index < -0.39 is 5.91 Å². The Kier molecular flexibility index (Phi) is 2.99. The number of benzene rings is 2. The number of aromatic nitrogens is 1. The summed E-state index contributed by atoms with van der Waals surface area (Å²) in [4.78, 5) is 11.5. The lowest BCUT2D eigenvalue weighted by Gasteiger charge is -2.06. The molecule has 3 nitrogen and oxygen atoms in total. The zero-order valence-electron chi connectivity index (χ0n) is 10.7. The summed E-state index contributed by atoms with van der Waals surface area (Å²) >= 11 is 0. The second kappa shape index (κ2) is 4.81. The van der Waals surface area contributed by atoms with Crippen molar-refractivity contribution in [3.63, 3.8) is 0 Å². The zero-order valence-corrected chi connectivity index (χ0v) is 10.7. The highest BCUT2D eigenvalue weighted by Gasteiger charge is 2.13. The largest absolute Gasteiger partial charge is 0.366 e. The maximum Gasteiger partial charge on any atom is 0.250 e. The molecule has 0 aliphatic carbocycles. The van der Waals surface area contributed by atoms with Gasteiger partial charge in [-0.25, -0.2) is 4.39 Å². The minimum Gasteiger partial charge on any atom is -0.366 e. The molecule has 3 aromatic rings. The highest BCUT2D eigenvalue weighted by atomic mass is 19.1. The standard InChI is InChI=1S/C16H13FN2O/c17-14-7-3-1-5-11(14)9-19-10-13(16(18)20)12-6-2-4-8-15(12)19/h1-8,10H,9H2,(H2,18,20). The van der Waals surface area contributed by atoms with E-state index in [1.165, 1.54) is 6.07 Å². The van der Waals surface area contributed by atoms with E-state index in [4.69, 9.17) is 5.73 Å². The Morgan fingerprint density at radius 2 is 1.80 bits per heavy atom. The van der Waals surface area contributed by atoms with Crippen molar-refractivity contribution in [2.24, 2.45) is 5.73 Å². The zero-order chi connectivity index (χ0) is 14.1. The van der Waals surface area contributed by atoms with E-state index >= 15 is 0 Å². The lowest BCUT2D eigenvalue weighted by atomic mass is 10.2. The molecule has 0 radical (unpaired) electrons. The third-order valence-corrected chi connectivity index (χ3v) is 3.35. The number of rotatable bonds is 3. The molecule has 1 amide bonds. The van der Waals surface area contributed by atoms with Crippen LogP contribution >= 0.6 is 0 Å². The molecule has 20 heavy (non-hydrogen) atoms. The van der Waals surface area contributed by atoms with E-state index in [1.54, 1.807) is 24.4 Å². The van der Waals surface area contributed by atoms with Crippen molar-refractivity contribution in [1.82, 2.24) is 4.57 Å². The number of halogens is 1. The first kappa shape index (κ1) is 12.4. The van der Waals surface area contributed by atoms with Gasteiger partial charge in [-0.05, 0) is 12.1 Å². The molecular weight excluding hydrogens is 255 g/mol. The molecule has 0 unspecified atom stereocenters. The Morgan fingerprint density at radius 3 is 2.55 bits per heavy atom. The van der Waals surface area contributed by atoms with Crippen LogP contribution < -0.4 is 5.73 Å². The predicted molar refractivity (Wildman–Crippen MR) is 76.0 cm³/mol. The van der Waals surface area contributed by atoms with Crippen molar-refractivity contribution in [1.29, 1.82) is 0 Å². The SMILES string of the molecule is NC(=O)c1cn(Cc2ccccc2F)c2ccccc12. The average molecular weight is 268 g/mol. The highest BCUT2D eigenvalue weighted by molar-refractivity contribution is 6.06.